The molecule has 2 amide bonds. The predicted octanol–water partition coefficient (Wildman–Crippen LogP) is 2.43. The highest BCUT2D eigenvalue weighted by Crippen LogP contribution is 2.48. The molecular weight excluding hydrogens is 240 g/mol. The average Bonchev–Trinajstić information content (AvgIpc) is 3.03. The number of ether oxygens (including phenoxy) is 1. The van der Waals surface area contributed by atoms with Gasteiger partial charge in [-0.25, -0.2) is 4.79 Å². The topological polar surface area (TPSA) is 50.4 Å². The van der Waals surface area contributed by atoms with Gasteiger partial charge in [-0.05, 0) is 56.8 Å². The van der Waals surface area contributed by atoms with E-state index in [1.807, 2.05) is 0 Å². The summed E-state index contributed by atoms with van der Waals surface area (Å²) in [4.78, 5) is 12.1. The average molecular weight is 266 g/mol. The van der Waals surface area contributed by atoms with Gasteiger partial charge in [0, 0.05) is 24.8 Å². The van der Waals surface area contributed by atoms with Gasteiger partial charge in [0.1, 0.15) is 0 Å². The third-order valence-corrected chi connectivity index (χ3v) is 5.17. The molecule has 2 aliphatic carbocycles. The van der Waals surface area contributed by atoms with Crippen molar-refractivity contribution in [2.75, 3.05) is 13.2 Å². The summed E-state index contributed by atoms with van der Waals surface area (Å²) in [6.45, 7) is 3.87. The second-order valence-electron chi connectivity index (χ2n) is 6.80. The largest absolute Gasteiger partial charge is 0.381 e. The van der Waals surface area contributed by atoms with E-state index in [0.717, 1.165) is 50.7 Å². The first-order valence-corrected chi connectivity index (χ1v) is 7.83. The number of carbonyl (C=O) groups is 1. The Morgan fingerprint density at radius 3 is 2.53 bits per heavy atom. The monoisotopic (exact) mass is 266 g/mol. The van der Waals surface area contributed by atoms with Crippen LogP contribution >= 0.6 is 0 Å². The first-order valence-electron chi connectivity index (χ1n) is 7.83. The summed E-state index contributed by atoms with van der Waals surface area (Å²) in [7, 11) is 0. The van der Waals surface area contributed by atoms with Gasteiger partial charge >= 0.3 is 6.03 Å². The number of carbonyl (C=O) groups excluding carboxylic acids is 1. The Kier molecular flexibility index (Phi) is 3.70. The van der Waals surface area contributed by atoms with Crippen LogP contribution in [0.2, 0.25) is 0 Å². The SMILES string of the molecule is C[C@H]1CC1CC1(NC(=O)NC2CCOCC2)CCC1. The molecule has 0 bridgehead atoms. The molecule has 108 valence electrons. The van der Waals surface area contributed by atoms with E-state index in [0.29, 0.717) is 6.04 Å². The normalized spacial score (nSPS) is 33.3. The number of nitrogens with one attached hydrogen (secondary N) is 2. The summed E-state index contributed by atoms with van der Waals surface area (Å²) in [5.41, 5.74) is 0.116. The summed E-state index contributed by atoms with van der Waals surface area (Å²) >= 11 is 0. The first kappa shape index (κ1) is 13.2. The molecule has 2 N–H and O–H groups in total. The lowest BCUT2D eigenvalue weighted by atomic mass is 9.73. The smallest absolute Gasteiger partial charge is 0.315 e. The second kappa shape index (κ2) is 5.31. The molecule has 2 atom stereocenters. The van der Waals surface area contributed by atoms with E-state index in [1.54, 1.807) is 0 Å². The molecule has 0 radical (unpaired) electrons. The molecule has 1 heterocycles. The fraction of sp³-hybridized carbons (Fsp3) is 0.933. The standard InChI is InChI=1S/C15H26N2O2/c1-11-9-12(11)10-15(5-2-6-15)17-14(18)16-13-3-7-19-8-4-13/h11-13H,2-10H2,1H3,(H2,16,17,18)/t11-,12?/m0/s1. The Bertz CT molecular complexity index is 335. The molecule has 0 spiro atoms. The molecular formula is C15H26N2O2. The van der Waals surface area contributed by atoms with Gasteiger partial charge in [-0.3, -0.25) is 0 Å². The van der Waals surface area contributed by atoms with Crippen molar-refractivity contribution >= 4 is 6.03 Å². The van der Waals surface area contributed by atoms with Gasteiger partial charge in [0.15, 0.2) is 0 Å². The van der Waals surface area contributed by atoms with E-state index >= 15 is 0 Å². The quantitative estimate of drug-likeness (QED) is 0.821. The van der Waals surface area contributed by atoms with Crippen molar-refractivity contribution in [2.45, 2.75) is 63.5 Å². The van der Waals surface area contributed by atoms with E-state index in [1.165, 1.54) is 19.3 Å². The minimum absolute atomic E-state index is 0.0416. The molecule has 1 saturated heterocycles. The molecule has 2 saturated carbocycles. The van der Waals surface area contributed by atoms with E-state index in [9.17, 15) is 4.79 Å². The lowest BCUT2D eigenvalue weighted by Gasteiger charge is -2.43. The minimum atomic E-state index is 0.0416. The Hall–Kier alpha value is -0.770. The Morgan fingerprint density at radius 1 is 1.32 bits per heavy atom. The molecule has 19 heavy (non-hydrogen) atoms. The summed E-state index contributed by atoms with van der Waals surface area (Å²) in [5.74, 6) is 1.72. The van der Waals surface area contributed by atoms with Crippen LogP contribution in [0, 0.1) is 11.8 Å². The number of rotatable bonds is 4. The maximum absolute atomic E-state index is 12.1. The highest BCUT2D eigenvalue weighted by Gasteiger charge is 2.45. The van der Waals surface area contributed by atoms with Crippen molar-refractivity contribution < 1.29 is 9.53 Å². The summed E-state index contributed by atoms with van der Waals surface area (Å²) in [5, 5.41) is 6.40. The highest BCUT2D eigenvalue weighted by molar-refractivity contribution is 5.75. The number of urea groups is 1. The van der Waals surface area contributed by atoms with Crippen molar-refractivity contribution in [2.24, 2.45) is 11.8 Å². The third-order valence-electron chi connectivity index (χ3n) is 5.17. The van der Waals surface area contributed by atoms with Crippen LogP contribution in [0.3, 0.4) is 0 Å². The Labute approximate surface area is 115 Å². The van der Waals surface area contributed by atoms with E-state index in [2.05, 4.69) is 17.6 Å². The maximum atomic E-state index is 12.1. The molecule has 0 aromatic heterocycles. The van der Waals surface area contributed by atoms with Gasteiger partial charge in [-0.1, -0.05) is 6.92 Å². The fourth-order valence-electron chi connectivity index (χ4n) is 3.47. The van der Waals surface area contributed by atoms with Gasteiger partial charge in [-0.15, -0.1) is 0 Å². The Balaban J connectivity index is 1.46. The molecule has 3 fully saturated rings. The number of hydrogen-bond donors (Lipinski definition) is 2. The minimum Gasteiger partial charge on any atom is -0.381 e. The molecule has 3 aliphatic rings. The zero-order valence-corrected chi connectivity index (χ0v) is 11.9. The van der Waals surface area contributed by atoms with E-state index in [4.69, 9.17) is 4.74 Å². The molecule has 4 nitrogen and oxygen atoms in total. The van der Waals surface area contributed by atoms with E-state index in [-0.39, 0.29) is 11.6 Å². The van der Waals surface area contributed by atoms with Crippen LogP contribution in [-0.2, 0) is 4.74 Å². The van der Waals surface area contributed by atoms with E-state index < -0.39 is 0 Å². The molecule has 0 aromatic carbocycles. The van der Waals surface area contributed by atoms with Crippen molar-refractivity contribution in [3.05, 3.63) is 0 Å². The van der Waals surface area contributed by atoms with Crippen LogP contribution in [0.25, 0.3) is 0 Å². The van der Waals surface area contributed by atoms with Crippen LogP contribution in [0.5, 0.6) is 0 Å². The second-order valence-corrected chi connectivity index (χ2v) is 6.80. The zero-order valence-electron chi connectivity index (χ0n) is 11.9. The summed E-state index contributed by atoms with van der Waals surface area (Å²) < 4.78 is 5.32. The highest BCUT2D eigenvalue weighted by atomic mass is 16.5. The number of hydrogen-bond acceptors (Lipinski definition) is 2. The summed E-state index contributed by atoms with van der Waals surface area (Å²) in [6, 6.07) is 0.339. The third kappa shape index (κ3) is 3.22. The van der Waals surface area contributed by atoms with Crippen molar-refractivity contribution in [1.29, 1.82) is 0 Å². The van der Waals surface area contributed by atoms with Gasteiger partial charge in [0.2, 0.25) is 0 Å². The van der Waals surface area contributed by atoms with Crippen molar-refractivity contribution in [3.63, 3.8) is 0 Å². The lowest BCUT2D eigenvalue weighted by Crippen LogP contribution is -2.58. The van der Waals surface area contributed by atoms with Crippen molar-refractivity contribution in [1.82, 2.24) is 10.6 Å². The van der Waals surface area contributed by atoms with Crippen LogP contribution in [0.15, 0.2) is 0 Å². The zero-order chi connectivity index (χ0) is 13.3. The first-order chi connectivity index (χ1) is 9.17. The fourth-order valence-corrected chi connectivity index (χ4v) is 3.47. The Morgan fingerprint density at radius 2 is 2.00 bits per heavy atom. The lowest BCUT2D eigenvalue weighted by molar-refractivity contribution is 0.0786. The molecule has 0 aromatic rings. The van der Waals surface area contributed by atoms with Crippen LogP contribution < -0.4 is 10.6 Å². The van der Waals surface area contributed by atoms with Gasteiger partial charge in [0.05, 0.1) is 0 Å². The van der Waals surface area contributed by atoms with Crippen LogP contribution in [0.4, 0.5) is 4.79 Å². The van der Waals surface area contributed by atoms with Gasteiger partial charge < -0.3 is 15.4 Å². The van der Waals surface area contributed by atoms with Crippen LogP contribution in [0.1, 0.15) is 51.9 Å². The number of amides is 2. The van der Waals surface area contributed by atoms with Crippen molar-refractivity contribution in [3.8, 4) is 0 Å². The molecule has 1 aliphatic heterocycles. The molecule has 1 unspecified atom stereocenters. The van der Waals surface area contributed by atoms with Crippen LogP contribution in [-0.4, -0.2) is 30.8 Å². The predicted molar refractivity (Wildman–Crippen MR) is 74.0 cm³/mol. The van der Waals surface area contributed by atoms with Gasteiger partial charge in [-0.2, -0.15) is 0 Å². The van der Waals surface area contributed by atoms with Gasteiger partial charge in [0.25, 0.3) is 0 Å². The molecule has 4 heteroatoms. The summed E-state index contributed by atoms with van der Waals surface area (Å²) in [6.07, 6.45) is 8.02. The molecule has 3 rings (SSSR count). The maximum Gasteiger partial charge on any atom is 0.315 e.